The molecular weight excluding hydrogens is 344 g/mol. The van der Waals surface area contributed by atoms with Crippen molar-refractivity contribution in [3.8, 4) is 11.5 Å². The minimum atomic E-state index is -0.203. The van der Waals surface area contributed by atoms with Gasteiger partial charge < -0.3 is 19.7 Å². The van der Waals surface area contributed by atoms with Crippen molar-refractivity contribution in [2.75, 3.05) is 25.2 Å². The SMILES string of the molecule is O=C(Nc1ccc(CCC(=O)N2CCCC2)cc1)c1ccc2c(c1)OCO2. The van der Waals surface area contributed by atoms with Crippen LogP contribution in [0, 0.1) is 0 Å². The van der Waals surface area contributed by atoms with E-state index in [0.29, 0.717) is 35.6 Å². The van der Waals surface area contributed by atoms with E-state index in [-0.39, 0.29) is 18.6 Å². The molecule has 2 aromatic rings. The maximum Gasteiger partial charge on any atom is 0.255 e. The van der Waals surface area contributed by atoms with Crippen molar-refractivity contribution in [1.82, 2.24) is 4.90 Å². The van der Waals surface area contributed by atoms with Crippen LogP contribution in [0.2, 0.25) is 0 Å². The summed E-state index contributed by atoms with van der Waals surface area (Å²) in [6.07, 6.45) is 3.47. The summed E-state index contributed by atoms with van der Waals surface area (Å²) in [7, 11) is 0. The van der Waals surface area contributed by atoms with Gasteiger partial charge in [0.15, 0.2) is 11.5 Å². The second-order valence-electron chi connectivity index (χ2n) is 6.81. The van der Waals surface area contributed by atoms with Crippen molar-refractivity contribution in [3.05, 3.63) is 53.6 Å². The van der Waals surface area contributed by atoms with Crippen molar-refractivity contribution in [2.45, 2.75) is 25.7 Å². The third-order valence-electron chi connectivity index (χ3n) is 4.93. The molecule has 0 aromatic heterocycles. The average molecular weight is 366 g/mol. The Balaban J connectivity index is 1.32. The lowest BCUT2D eigenvalue weighted by molar-refractivity contribution is -0.130. The number of ether oxygens (including phenoxy) is 2. The summed E-state index contributed by atoms with van der Waals surface area (Å²) < 4.78 is 10.6. The zero-order chi connectivity index (χ0) is 18.6. The van der Waals surface area contributed by atoms with Crippen LogP contribution in [0.25, 0.3) is 0 Å². The lowest BCUT2D eigenvalue weighted by Gasteiger charge is -2.15. The first-order valence-electron chi connectivity index (χ1n) is 9.27. The van der Waals surface area contributed by atoms with Gasteiger partial charge in [-0.2, -0.15) is 0 Å². The molecule has 2 amide bonds. The third-order valence-corrected chi connectivity index (χ3v) is 4.93. The maximum absolute atomic E-state index is 12.4. The number of amides is 2. The van der Waals surface area contributed by atoms with E-state index in [1.54, 1.807) is 18.2 Å². The molecule has 140 valence electrons. The zero-order valence-electron chi connectivity index (χ0n) is 15.1. The van der Waals surface area contributed by atoms with Gasteiger partial charge in [0.2, 0.25) is 12.7 Å². The highest BCUT2D eigenvalue weighted by atomic mass is 16.7. The molecule has 1 fully saturated rings. The van der Waals surface area contributed by atoms with E-state index in [1.807, 2.05) is 29.2 Å². The summed E-state index contributed by atoms with van der Waals surface area (Å²) in [6, 6.07) is 12.7. The van der Waals surface area contributed by atoms with Gasteiger partial charge in [-0.1, -0.05) is 12.1 Å². The maximum atomic E-state index is 12.4. The minimum Gasteiger partial charge on any atom is -0.454 e. The predicted molar refractivity (Wildman–Crippen MR) is 101 cm³/mol. The van der Waals surface area contributed by atoms with Crippen LogP contribution < -0.4 is 14.8 Å². The van der Waals surface area contributed by atoms with E-state index >= 15 is 0 Å². The van der Waals surface area contributed by atoms with Crippen LogP contribution in [0.5, 0.6) is 11.5 Å². The highest BCUT2D eigenvalue weighted by Crippen LogP contribution is 2.32. The molecule has 0 spiro atoms. The molecule has 0 atom stereocenters. The molecule has 2 aliphatic heterocycles. The first-order chi connectivity index (χ1) is 13.2. The number of nitrogens with one attached hydrogen (secondary N) is 1. The molecule has 0 saturated carbocycles. The van der Waals surface area contributed by atoms with Gasteiger partial charge >= 0.3 is 0 Å². The van der Waals surface area contributed by atoms with E-state index in [2.05, 4.69) is 5.32 Å². The number of fused-ring (bicyclic) bond motifs is 1. The Morgan fingerprint density at radius 2 is 1.70 bits per heavy atom. The van der Waals surface area contributed by atoms with Crippen LogP contribution in [0.4, 0.5) is 5.69 Å². The summed E-state index contributed by atoms with van der Waals surface area (Å²) in [6.45, 7) is 1.97. The number of carbonyl (C=O) groups excluding carboxylic acids is 2. The van der Waals surface area contributed by atoms with Gasteiger partial charge in [0.25, 0.3) is 5.91 Å². The molecule has 2 heterocycles. The summed E-state index contributed by atoms with van der Waals surface area (Å²) >= 11 is 0. The molecule has 1 N–H and O–H groups in total. The summed E-state index contributed by atoms with van der Waals surface area (Å²) in [4.78, 5) is 26.5. The second kappa shape index (κ2) is 7.70. The third kappa shape index (κ3) is 4.05. The average Bonchev–Trinajstić information content (AvgIpc) is 3.38. The number of likely N-dealkylation sites (tertiary alicyclic amines) is 1. The van der Waals surface area contributed by atoms with Gasteiger partial charge in [-0.15, -0.1) is 0 Å². The molecule has 1 saturated heterocycles. The quantitative estimate of drug-likeness (QED) is 0.882. The Morgan fingerprint density at radius 1 is 0.963 bits per heavy atom. The van der Waals surface area contributed by atoms with Crippen molar-refractivity contribution in [1.29, 1.82) is 0 Å². The van der Waals surface area contributed by atoms with Crippen LogP contribution >= 0.6 is 0 Å². The van der Waals surface area contributed by atoms with Crippen LogP contribution in [0.3, 0.4) is 0 Å². The highest BCUT2D eigenvalue weighted by molar-refractivity contribution is 6.04. The topological polar surface area (TPSA) is 67.9 Å². The van der Waals surface area contributed by atoms with Gasteiger partial charge in [0.1, 0.15) is 0 Å². The number of hydrogen-bond donors (Lipinski definition) is 1. The molecule has 4 rings (SSSR count). The van der Waals surface area contributed by atoms with E-state index in [1.165, 1.54) is 0 Å². The van der Waals surface area contributed by atoms with Crippen LogP contribution in [0.1, 0.15) is 35.2 Å². The molecule has 27 heavy (non-hydrogen) atoms. The molecule has 6 nitrogen and oxygen atoms in total. The Bertz CT molecular complexity index is 842. The second-order valence-corrected chi connectivity index (χ2v) is 6.81. The van der Waals surface area contributed by atoms with Gasteiger partial charge in [-0.05, 0) is 55.2 Å². The van der Waals surface area contributed by atoms with Crippen LogP contribution in [-0.4, -0.2) is 36.6 Å². The number of carbonyl (C=O) groups is 2. The highest BCUT2D eigenvalue weighted by Gasteiger charge is 2.18. The van der Waals surface area contributed by atoms with Gasteiger partial charge in [-0.3, -0.25) is 9.59 Å². The summed E-state index contributed by atoms with van der Waals surface area (Å²) in [5.74, 6) is 1.26. The number of hydrogen-bond acceptors (Lipinski definition) is 4. The standard InChI is InChI=1S/C21H22N2O4/c24-20(23-11-1-2-12-23)10-5-15-3-7-17(8-4-15)22-21(25)16-6-9-18-19(13-16)27-14-26-18/h3-4,6-9,13H,1-2,5,10-12,14H2,(H,22,25). The van der Waals surface area contributed by atoms with Crippen LogP contribution in [-0.2, 0) is 11.2 Å². The van der Waals surface area contributed by atoms with Crippen molar-refractivity contribution in [3.63, 3.8) is 0 Å². The number of anilines is 1. The lowest BCUT2D eigenvalue weighted by atomic mass is 10.1. The van der Waals surface area contributed by atoms with E-state index < -0.39 is 0 Å². The van der Waals surface area contributed by atoms with Gasteiger partial charge in [-0.25, -0.2) is 0 Å². The minimum absolute atomic E-state index is 0.183. The molecular formula is C21H22N2O4. The molecule has 2 aromatic carbocycles. The number of nitrogens with zero attached hydrogens (tertiary/aromatic N) is 1. The number of rotatable bonds is 5. The van der Waals surface area contributed by atoms with Crippen LogP contribution in [0.15, 0.2) is 42.5 Å². The predicted octanol–water partition coefficient (Wildman–Crippen LogP) is 3.22. The first-order valence-corrected chi connectivity index (χ1v) is 9.27. The fraction of sp³-hybridized carbons (Fsp3) is 0.333. The molecule has 2 aliphatic rings. The van der Waals surface area contributed by atoms with Gasteiger partial charge in [0, 0.05) is 30.8 Å². The Hall–Kier alpha value is -3.02. The molecule has 0 aliphatic carbocycles. The Kier molecular flexibility index (Phi) is 4.96. The smallest absolute Gasteiger partial charge is 0.255 e. The lowest BCUT2D eigenvalue weighted by Crippen LogP contribution is -2.27. The van der Waals surface area contributed by atoms with Crippen molar-refractivity contribution < 1.29 is 19.1 Å². The fourth-order valence-corrected chi connectivity index (χ4v) is 3.37. The molecule has 0 bridgehead atoms. The molecule has 6 heteroatoms. The summed E-state index contributed by atoms with van der Waals surface area (Å²) in [5.41, 5.74) is 2.32. The van der Waals surface area contributed by atoms with E-state index in [4.69, 9.17) is 9.47 Å². The largest absolute Gasteiger partial charge is 0.454 e. The van der Waals surface area contributed by atoms with Gasteiger partial charge in [0.05, 0.1) is 0 Å². The summed E-state index contributed by atoms with van der Waals surface area (Å²) in [5, 5.41) is 2.88. The molecule has 0 unspecified atom stereocenters. The monoisotopic (exact) mass is 366 g/mol. The van der Waals surface area contributed by atoms with Crippen molar-refractivity contribution >= 4 is 17.5 Å². The van der Waals surface area contributed by atoms with E-state index in [0.717, 1.165) is 31.5 Å². The molecule has 0 radical (unpaired) electrons. The normalized spacial score (nSPS) is 15.0. The Morgan fingerprint density at radius 3 is 2.48 bits per heavy atom. The van der Waals surface area contributed by atoms with E-state index in [9.17, 15) is 9.59 Å². The zero-order valence-corrected chi connectivity index (χ0v) is 15.1. The first kappa shape index (κ1) is 17.4. The van der Waals surface area contributed by atoms with Crippen molar-refractivity contribution in [2.24, 2.45) is 0 Å². The number of aryl methyl sites for hydroxylation is 1. The Labute approximate surface area is 158 Å². The number of benzene rings is 2. The fourth-order valence-electron chi connectivity index (χ4n) is 3.37.